The summed E-state index contributed by atoms with van der Waals surface area (Å²) >= 11 is 0. The molecule has 0 spiro atoms. The number of hydrogen-bond acceptors (Lipinski definition) is 3. The van der Waals surface area contributed by atoms with Gasteiger partial charge in [-0.15, -0.1) is 0 Å². The number of nitrogens with zero attached hydrogens (tertiary/aromatic N) is 3. The van der Waals surface area contributed by atoms with Crippen molar-refractivity contribution in [2.45, 2.75) is 33.2 Å². The minimum atomic E-state index is -0.0994. The van der Waals surface area contributed by atoms with Crippen molar-refractivity contribution >= 4 is 6.03 Å². The molecule has 0 fully saturated rings. The predicted molar refractivity (Wildman–Crippen MR) is 99.0 cm³/mol. The molecule has 1 atom stereocenters. The zero-order valence-electron chi connectivity index (χ0n) is 16.0. The molecule has 2 amide bonds. The number of aryl methyl sites for hydroxylation is 2. The van der Waals surface area contributed by atoms with Crippen molar-refractivity contribution < 1.29 is 9.53 Å². The maximum atomic E-state index is 12.5. The number of aromatic nitrogens is 2. The largest absolute Gasteiger partial charge is 0.496 e. The molecule has 0 aliphatic heterocycles. The Kier molecular flexibility index (Phi) is 6.07. The fraction of sp³-hybridized carbons (Fsp3) is 0.474. The molecule has 0 radical (unpaired) electrons. The zero-order chi connectivity index (χ0) is 18.6. The Hall–Kier alpha value is -2.50. The van der Waals surface area contributed by atoms with E-state index in [1.807, 2.05) is 56.8 Å². The van der Waals surface area contributed by atoms with Crippen LogP contribution in [0.15, 0.2) is 24.3 Å². The average Bonchev–Trinajstić information content (AvgIpc) is 2.86. The molecule has 2 aromatic rings. The first kappa shape index (κ1) is 18.8. The summed E-state index contributed by atoms with van der Waals surface area (Å²) in [6.07, 6.45) is 0.772. The third-order valence-corrected chi connectivity index (χ3v) is 4.80. The van der Waals surface area contributed by atoms with Crippen LogP contribution in [0.1, 0.15) is 35.5 Å². The van der Waals surface area contributed by atoms with E-state index in [1.54, 1.807) is 19.1 Å². The van der Waals surface area contributed by atoms with Gasteiger partial charge in [-0.2, -0.15) is 5.10 Å². The third kappa shape index (κ3) is 4.13. The Bertz CT molecular complexity index is 739. The quantitative estimate of drug-likeness (QED) is 0.876. The van der Waals surface area contributed by atoms with Crippen LogP contribution in [0.2, 0.25) is 0 Å². The van der Waals surface area contributed by atoms with Crippen LogP contribution in [-0.2, 0) is 13.5 Å². The molecule has 0 saturated carbocycles. The van der Waals surface area contributed by atoms with Gasteiger partial charge in [0, 0.05) is 31.9 Å². The van der Waals surface area contributed by atoms with Crippen molar-refractivity contribution in [2.24, 2.45) is 7.05 Å². The van der Waals surface area contributed by atoms with Crippen LogP contribution < -0.4 is 10.1 Å². The summed E-state index contributed by atoms with van der Waals surface area (Å²) in [6.45, 7) is 6.62. The highest BCUT2D eigenvalue weighted by Gasteiger charge is 2.20. The van der Waals surface area contributed by atoms with Gasteiger partial charge in [0.2, 0.25) is 0 Å². The number of amides is 2. The van der Waals surface area contributed by atoms with E-state index in [0.29, 0.717) is 6.54 Å². The number of methoxy groups -OCH3 is 1. The predicted octanol–water partition coefficient (Wildman–Crippen LogP) is 2.99. The summed E-state index contributed by atoms with van der Waals surface area (Å²) in [4.78, 5) is 14.2. The maximum Gasteiger partial charge on any atom is 0.317 e. The lowest BCUT2D eigenvalue weighted by molar-refractivity contribution is 0.193. The van der Waals surface area contributed by atoms with Gasteiger partial charge in [0.1, 0.15) is 5.75 Å². The first-order chi connectivity index (χ1) is 11.9. The molecule has 1 N–H and O–H groups in total. The van der Waals surface area contributed by atoms with Gasteiger partial charge in [-0.3, -0.25) is 4.68 Å². The molecule has 1 aromatic carbocycles. The summed E-state index contributed by atoms with van der Waals surface area (Å²) in [5.74, 6) is 0.788. The average molecular weight is 344 g/mol. The van der Waals surface area contributed by atoms with Crippen LogP contribution in [0.5, 0.6) is 5.75 Å². The Balaban J connectivity index is 1.96. The topological polar surface area (TPSA) is 59.4 Å². The molecule has 0 bridgehead atoms. The second kappa shape index (κ2) is 8.05. The number of carbonyl (C=O) groups is 1. The Labute approximate surface area is 149 Å². The van der Waals surface area contributed by atoms with Crippen LogP contribution in [-0.4, -0.2) is 41.4 Å². The fourth-order valence-electron chi connectivity index (χ4n) is 2.99. The van der Waals surface area contributed by atoms with Gasteiger partial charge in [-0.05, 0) is 38.8 Å². The van der Waals surface area contributed by atoms with Crippen LogP contribution in [0.25, 0.3) is 0 Å². The minimum absolute atomic E-state index is 0.0852. The Morgan fingerprint density at radius 1 is 1.36 bits per heavy atom. The fourth-order valence-corrected chi connectivity index (χ4v) is 2.99. The van der Waals surface area contributed by atoms with Crippen molar-refractivity contribution in [2.75, 3.05) is 20.7 Å². The van der Waals surface area contributed by atoms with Crippen LogP contribution in [0.4, 0.5) is 4.79 Å². The van der Waals surface area contributed by atoms with E-state index in [-0.39, 0.29) is 12.1 Å². The molecule has 2 rings (SSSR count). The molecule has 6 nitrogen and oxygen atoms in total. The molecule has 1 unspecified atom stereocenters. The van der Waals surface area contributed by atoms with Crippen LogP contribution in [0.3, 0.4) is 0 Å². The number of para-hydroxylation sites is 1. The number of hydrogen-bond donors (Lipinski definition) is 1. The standard InChI is InChI=1S/C19H28N4O2/c1-13-16(15(3)23(5)21-13)11-12-20-19(24)22(4)14(2)17-9-7-8-10-18(17)25-6/h7-10,14H,11-12H2,1-6H3,(H,20,24). The maximum absolute atomic E-state index is 12.5. The number of rotatable bonds is 6. The molecule has 1 heterocycles. The van der Waals surface area contributed by atoms with Crippen molar-refractivity contribution in [3.8, 4) is 5.75 Å². The monoisotopic (exact) mass is 344 g/mol. The normalized spacial score (nSPS) is 11.9. The second-order valence-corrected chi connectivity index (χ2v) is 6.28. The SMILES string of the molecule is COc1ccccc1C(C)N(C)C(=O)NCCc1c(C)nn(C)c1C. The van der Waals surface area contributed by atoms with E-state index < -0.39 is 0 Å². The Morgan fingerprint density at radius 2 is 2.04 bits per heavy atom. The lowest BCUT2D eigenvalue weighted by Gasteiger charge is -2.26. The van der Waals surface area contributed by atoms with E-state index in [0.717, 1.165) is 29.1 Å². The van der Waals surface area contributed by atoms with Crippen molar-refractivity contribution in [1.29, 1.82) is 0 Å². The number of benzene rings is 1. The molecule has 0 aliphatic carbocycles. The molecular weight excluding hydrogens is 316 g/mol. The number of urea groups is 1. The first-order valence-corrected chi connectivity index (χ1v) is 8.49. The lowest BCUT2D eigenvalue weighted by Crippen LogP contribution is -2.39. The summed E-state index contributed by atoms with van der Waals surface area (Å²) in [7, 11) is 5.38. The molecule has 1 aromatic heterocycles. The van der Waals surface area contributed by atoms with Gasteiger partial charge < -0.3 is 15.0 Å². The summed E-state index contributed by atoms with van der Waals surface area (Å²) < 4.78 is 7.27. The zero-order valence-corrected chi connectivity index (χ0v) is 16.0. The second-order valence-electron chi connectivity index (χ2n) is 6.28. The third-order valence-electron chi connectivity index (χ3n) is 4.80. The van der Waals surface area contributed by atoms with Crippen molar-refractivity contribution in [1.82, 2.24) is 20.0 Å². The van der Waals surface area contributed by atoms with E-state index in [1.165, 1.54) is 5.56 Å². The summed E-state index contributed by atoms with van der Waals surface area (Å²) in [5.41, 5.74) is 4.34. The van der Waals surface area contributed by atoms with Crippen LogP contribution >= 0.6 is 0 Å². The number of carbonyl (C=O) groups excluding carboxylic acids is 1. The first-order valence-electron chi connectivity index (χ1n) is 8.49. The number of nitrogens with one attached hydrogen (secondary N) is 1. The van der Waals surface area contributed by atoms with Crippen molar-refractivity contribution in [3.63, 3.8) is 0 Å². The van der Waals surface area contributed by atoms with Crippen molar-refractivity contribution in [3.05, 3.63) is 46.8 Å². The summed E-state index contributed by atoms with van der Waals surface area (Å²) in [6, 6.07) is 7.58. The van der Waals surface area contributed by atoms with E-state index in [4.69, 9.17) is 4.74 Å². The molecule has 0 saturated heterocycles. The summed E-state index contributed by atoms with van der Waals surface area (Å²) in [5, 5.41) is 7.40. The Morgan fingerprint density at radius 3 is 2.64 bits per heavy atom. The van der Waals surface area contributed by atoms with Gasteiger partial charge in [0.15, 0.2) is 0 Å². The van der Waals surface area contributed by atoms with Gasteiger partial charge in [-0.1, -0.05) is 18.2 Å². The molecule has 6 heteroatoms. The highest BCUT2D eigenvalue weighted by atomic mass is 16.5. The van der Waals surface area contributed by atoms with Crippen LogP contribution in [0, 0.1) is 13.8 Å². The highest BCUT2D eigenvalue weighted by Crippen LogP contribution is 2.27. The molecule has 25 heavy (non-hydrogen) atoms. The molecular formula is C19H28N4O2. The smallest absolute Gasteiger partial charge is 0.317 e. The van der Waals surface area contributed by atoms with Gasteiger partial charge in [0.25, 0.3) is 0 Å². The highest BCUT2D eigenvalue weighted by molar-refractivity contribution is 5.74. The minimum Gasteiger partial charge on any atom is -0.496 e. The lowest BCUT2D eigenvalue weighted by atomic mass is 10.1. The van der Waals surface area contributed by atoms with E-state index in [2.05, 4.69) is 10.4 Å². The number of ether oxygens (including phenoxy) is 1. The molecule has 136 valence electrons. The van der Waals surface area contributed by atoms with Gasteiger partial charge in [0.05, 0.1) is 18.8 Å². The van der Waals surface area contributed by atoms with Gasteiger partial charge >= 0.3 is 6.03 Å². The van der Waals surface area contributed by atoms with E-state index in [9.17, 15) is 4.79 Å². The van der Waals surface area contributed by atoms with Gasteiger partial charge in [-0.25, -0.2) is 4.79 Å². The van der Waals surface area contributed by atoms with E-state index >= 15 is 0 Å². The molecule has 0 aliphatic rings.